The fourth-order valence-corrected chi connectivity index (χ4v) is 3.57. The van der Waals surface area contributed by atoms with Crippen LogP contribution in [0.2, 0.25) is 10.0 Å². The minimum Gasteiger partial charge on any atom is -0.493 e. The molecule has 0 saturated heterocycles. The van der Waals surface area contributed by atoms with Crippen LogP contribution in [-0.2, 0) is 16.2 Å². The number of hydrogen-bond donors (Lipinski definition) is 2. The minimum absolute atomic E-state index is 0.0891. The number of nitrogens with zero attached hydrogens (tertiary/aromatic N) is 1. The first-order chi connectivity index (χ1) is 16.4. The van der Waals surface area contributed by atoms with Gasteiger partial charge in [0.2, 0.25) is 0 Å². The molecule has 3 aromatic rings. The summed E-state index contributed by atoms with van der Waals surface area (Å²) in [5.41, 5.74) is 4.24. The lowest BCUT2D eigenvalue weighted by molar-refractivity contribution is -0.139. The fraction of sp³-hybridized carbons (Fsp3) is 0.160. The van der Waals surface area contributed by atoms with Gasteiger partial charge in [-0.3, -0.25) is 9.59 Å². The Morgan fingerprint density at radius 3 is 2.32 bits per heavy atom. The highest BCUT2D eigenvalue weighted by Crippen LogP contribution is 2.32. The average Bonchev–Trinajstić information content (AvgIpc) is 2.84. The van der Waals surface area contributed by atoms with Crippen LogP contribution in [0.15, 0.2) is 71.8 Å². The number of benzene rings is 3. The second-order valence-electron chi connectivity index (χ2n) is 7.17. The Labute approximate surface area is 207 Å². The van der Waals surface area contributed by atoms with Crippen molar-refractivity contribution in [3.8, 4) is 11.5 Å². The number of halogens is 2. The third-order valence-corrected chi connectivity index (χ3v) is 5.58. The van der Waals surface area contributed by atoms with Gasteiger partial charge in [0.25, 0.3) is 0 Å². The van der Waals surface area contributed by atoms with E-state index in [-0.39, 0.29) is 12.6 Å². The van der Waals surface area contributed by atoms with Gasteiger partial charge in [-0.2, -0.15) is 5.10 Å². The second kappa shape index (κ2) is 12.1. The predicted molar refractivity (Wildman–Crippen MR) is 133 cm³/mol. The van der Waals surface area contributed by atoms with Crippen molar-refractivity contribution in [2.45, 2.75) is 19.6 Å². The fourth-order valence-electron chi connectivity index (χ4n) is 3.06. The van der Waals surface area contributed by atoms with Gasteiger partial charge in [0.1, 0.15) is 6.61 Å². The molecule has 3 rings (SSSR count). The normalized spacial score (nSPS) is 11.6. The highest BCUT2D eigenvalue weighted by atomic mass is 35.5. The topological polar surface area (TPSA) is 89.0 Å². The molecule has 0 aromatic heterocycles. The maximum Gasteiger partial charge on any atom is 0.329 e. The molecule has 2 amide bonds. The van der Waals surface area contributed by atoms with Gasteiger partial charge in [-0.05, 0) is 36.8 Å². The van der Waals surface area contributed by atoms with Crippen molar-refractivity contribution < 1.29 is 19.1 Å². The van der Waals surface area contributed by atoms with E-state index in [9.17, 15) is 9.59 Å². The zero-order chi connectivity index (χ0) is 24.5. The number of methoxy groups -OCH3 is 1. The summed E-state index contributed by atoms with van der Waals surface area (Å²) in [6.07, 6.45) is 1.36. The highest BCUT2D eigenvalue weighted by Gasteiger charge is 2.17. The molecule has 0 aliphatic rings. The van der Waals surface area contributed by atoms with E-state index in [0.717, 1.165) is 5.56 Å². The Bertz CT molecular complexity index is 1170. The summed E-state index contributed by atoms with van der Waals surface area (Å²) in [7, 11) is 1.51. The summed E-state index contributed by atoms with van der Waals surface area (Å²) in [5, 5.41) is 7.47. The van der Waals surface area contributed by atoms with Crippen LogP contribution in [0, 0.1) is 0 Å². The molecule has 1 atom stereocenters. The van der Waals surface area contributed by atoms with Crippen molar-refractivity contribution in [2.75, 3.05) is 7.11 Å². The number of nitrogens with one attached hydrogen (secondary N) is 2. The summed E-state index contributed by atoms with van der Waals surface area (Å²) < 4.78 is 11.3. The Kier molecular flexibility index (Phi) is 8.90. The number of ether oxygens (including phenoxy) is 2. The molecule has 3 aromatic carbocycles. The van der Waals surface area contributed by atoms with E-state index in [2.05, 4.69) is 15.8 Å². The van der Waals surface area contributed by atoms with E-state index < -0.39 is 11.8 Å². The average molecular weight is 500 g/mol. The van der Waals surface area contributed by atoms with Crippen molar-refractivity contribution in [3.63, 3.8) is 0 Å². The molecule has 2 N–H and O–H groups in total. The van der Waals surface area contributed by atoms with Crippen LogP contribution in [0.25, 0.3) is 0 Å². The summed E-state index contributed by atoms with van der Waals surface area (Å²) in [4.78, 5) is 24.4. The number of amides is 2. The van der Waals surface area contributed by atoms with Crippen molar-refractivity contribution >= 4 is 41.2 Å². The van der Waals surface area contributed by atoms with Crippen LogP contribution in [0.4, 0.5) is 0 Å². The van der Waals surface area contributed by atoms with Crippen LogP contribution in [0.3, 0.4) is 0 Å². The molecular weight excluding hydrogens is 477 g/mol. The predicted octanol–water partition coefficient (Wildman–Crippen LogP) is 4.91. The van der Waals surface area contributed by atoms with Crippen LogP contribution in [0.1, 0.15) is 29.7 Å². The van der Waals surface area contributed by atoms with Gasteiger partial charge in [-0.1, -0.05) is 65.7 Å². The maximum absolute atomic E-state index is 12.2. The molecule has 0 unspecified atom stereocenters. The second-order valence-corrected chi connectivity index (χ2v) is 7.99. The number of rotatable bonds is 8. The Balaban J connectivity index is 1.67. The SMILES string of the molecule is COc1cccc(/C=N\NC(=O)C(=O)N[C@H](C)c2ccccc2)c1OCc1c(Cl)cccc1Cl. The zero-order valence-electron chi connectivity index (χ0n) is 18.5. The van der Waals surface area contributed by atoms with Gasteiger partial charge in [0, 0.05) is 21.2 Å². The lowest BCUT2D eigenvalue weighted by Gasteiger charge is -2.14. The number of carbonyl (C=O) groups is 2. The number of hydrazone groups is 1. The lowest BCUT2D eigenvalue weighted by Crippen LogP contribution is -2.39. The van der Waals surface area contributed by atoms with E-state index in [1.165, 1.54) is 13.3 Å². The monoisotopic (exact) mass is 499 g/mol. The van der Waals surface area contributed by atoms with Crippen LogP contribution in [-0.4, -0.2) is 25.1 Å². The van der Waals surface area contributed by atoms with E-state index in [1.54, 1.807) is 43.3 Å². The largest absolute Gasteiger partial charge is 0.493 e. The van der Waals surface area contributed by atoms with Crippen molar-refractivity contribution in [1.82, 2.24) is 10.7 Å². The van der Waals surface area contributed by atoms with Crippen LogP contribution >= 0.6 is 23.2 Å². The van der Waals surface area contributed by atoms with Crippen molar-refractivity contribution in [3.05, 3.63) is 93.5 Å². The lowest BCUT2D eigenvalue weighted by atomic mass is 10.1. The maximum atomic E-state index is 12.2. The molecule has 0 aliphatic heterocycles. The van der Waals surface area contributed by atoms with E-state index >= 15 is 0 Å². The molecule has 9 heteroatoms. The molecule has 7 nitrogen and oxygen atoms in total. The standard InChI is InChI=1S/C25H23Cl2N3O4/c1-16(17-8-4-3-5-9-17)29-24(31)25(32)30-28-14-18-10-6-13-22(33-2)23(18)34-15-19-20(26)11-7-12-21(19)27/h3-14,16H,15H2,1-2H3,(H,29,31)(H,30,32)/b28-14-/t16-/m1/s1. The van der Waals surface area contributed by atoms with Crippen LogP contribution in [0.5, 0.6) is 11.5 Å². The Morgan fingerprint density at radius 2 is 1.65 bits per heavy atom. The Morgan fingerprint density at radius 1 is 0.971 bits per heavy atom. The van der Waals surface area contributed by atoms with Crippen molar-refractivity contribution in [1.29, 1.82) is 0 Å². The molecule has 176 valence electrons. The van der Waals surface area contributed by atoms with E-state index in [1.807, 2.05) is 30.3 Å². The van der Waals surface area contributed by atoms with Gasteiger partial charge < -0.3 is 14.8 Å². The first-order valence-corrected chi connectivity index (χ1v) is 11.1. The number of hydrogen-bond acceptors (Lipinski definition) is 5. The van der Waals surface area contributed by atoms with Crippen molar-refractivity contribution in [2.24, 2.45) is 5.10 Å². The summed E-state index contributed by atoms with van der Waals surface area (Å²) >= 11 is 12.4. The number of carbonyl (C=O) groups excluding carboxylic acids is 2. The number of para-hydroxylation sites is 1. The molecule has 0 bridgehead atoms. The summed E-state index contributed by atoms with van der Waals surface area (Å²) in [5.74, 6) is -0.870. The molecule has 34 heavy (non-hydrogen) atoms. The summed E-state index contributed by atoms with van der Waals surface area (Å²) in [6, 6.07) is 19.3. The van der Waals surface area contributed by atoms with Gasteiger partial charge in [-0.15, -0.1) is 0 Å². The van der Waals surface area contributed by atoms with Gasteiger partial charge in [0.05, 0.1) is 19.4 Å². The first kappa shape index (κ1) is 25.1. The van der Waals surface area contributed by atoms with Gasteiger partial charge in [0.15, 0.2) is 11.5 Å². The molecule has 0 aliphatic carbocycles. The van der Waals surface area contributed by atoms with Gasteiger partial charge in [-0.25, -0.2) is 5.43 Å². The van der Waals surface area contributed by atoms with E-state index in [0.29, 0.717) is 32.7 Å². The third kappa shape index (κ3) is 6.50. The molecule has 0 radical (unpaired) electrons. The van der Waals surface area contributed by atoms with Gasteiger partial charge >= 0.3 is 11.8 Å². The third-order valence-electron chi connectivity index (χ3n) is 4.87. The van der Waals surface area contributed by atoms with Crippen LogP contribution < -0.4 is 20.2 Å². The smallest absolute Gasteiger partial charge is 0.329 e. The molecule has 0 fully saturated rings. The molecular formula is C25H23Cl2N3O4. The Hall–Kier alpha value is -3.55. The summed E-state index contributed by atoms with van der Waals surface area (Å²) in [6.45, 7) is 1.88. The van der Waals surface area contributed by atoms with E-state index in [4.69, 9.17) is 32.7 Å². The zero-order valence-corrected chi connectivity index (χ0v) is 20.1. The molecule has 0 saturated carbocycles. The molecule has 0 heterocycles. The quantitative estimate of drug-likeness (QED) is 0.261. The first-order valence-electron chi connectivity index (χ1n) is 10.3. The highest BCUT2D eigenvalue weighted by molar-refractivity contribution is 6.36. The molecule has 0 spiro atoms. The minimum atomic E-state index is -0.896.